The van der Waals surface area contributed by atoms with Crippen LogP contribution in [0.5, 0.6) is 5.88 Å². The van der Waals surface area contributed by atoms with Crippen LogP contribution in [0.4, 0.5) is 5.82 Å². The fraction of sp³-hybridized carbons (Fsp3) is 0.200. The van der Waals surface area contributed by atoms with Crippen molar-refractivity contribution in [2.45, 2.75) is 26.3 Å². The van der Waals surface area contributed by atoms with Crippen molar-refractivity contribution in [2.75, 3.05) is 12.4 Å². The number of nitrogens with zero attached hydrogens (tertiary/aromatic N) is 5. The van der Waals surface area contributed by atoms with Gasteiger partial charge < -0.3 is 14.6 Å². The SMILES string of the molecule is COc1cc(C(=O)c2cn(C(C)C)c3ncncc23)cc(NC(=O)Cc2ccc(C#N)cc2)n1. The summed E-state index contributed by atoms with van der Waals surface area (Å²) >= 11 is 0. The van der Waals surface area contributed by atoms with E-state index < -0.39 is 0 Å². The number of anilines is 1. The zero-order valence-electron chi connectivity index (χ0n) is 18.9. The zero-order chi connectivity index (χ0) is 24.2. The molecule has 0 aliphatic rings. The van der Waals surface area contributed by atoms with Crippen molar-refractivity contribution in [2.24, 2.45) is 0 Å². The molecule has 0 radical (unpaired) electrons. The Hall–Kier alpha value is -4.58. The van der Waals surface area contributed by atoms with Crippen LogP contribution in [0, 0.1) is 11.3 Å². The van der Waals surface area contributed by atoms with Gasteiger partial charge in [-0.05, 0) is 37.6 Å². The van der Waals surface area contributed by atoms with Gasteiger partial charge in [0.25, 0.3) is 0 Å². The Kier molecular flexibility index (Phi) is 6.32. The molecule has 4 aromatic rings. The summed E-state index contributed by atoms with van der Waals surface area (Å²) in [5.41, 5.74) is 2.70. The monoisotopic (exact) mass is 454 g/mol. The van der Waals surface area contributed by atoms with E-state index in [0.29, 0.717) is 27.7 Å². The van der Waals surface area contributed by atoms with Gasteiger partial charge in [-0.3, -0.25) is 9.59 Å². The zero-order valence-corrected chi connectivity index (χ0v) is 18.9. The number of amides is 1. The van der Waals surface area contributed by atoms with E-state index in [0.717, 1.165) is 5.56 Å². The molecule has 170 valence electrons. The predicted molar refractivity (Wildman–Crippen MR) is 126 cm³/mol. The van der Waals surface area contributed by atoms with E-state index in [4.69, 9.17) is 10.00 Å². The first kappa shape index (κ1) is 22.6. The third-order valence-electron chi connectivity index (χ3n) is 5.28. The first-order valence-corrected chi connectivity index (χ1v) is 10.6. The maximum Gasteiger partial charge on any atom is 0.229 e. The minimum absolute atomic E-state index is 0.0904. The van der Waals surface area contributed by atoms with Gasteiger partial charge in [-0.15, -0.1) is 0 Å². The lowest BCUT2D eigenvalue weighted by atomic mass is 10.0. The maximum absolute atomic E-state index is 13.5. The van der Waals surface area contributed by atoms with E-state index in [2.05, 4.69) is 20.3 Å². The van der Waals surface area contributed by atoms with Crippen molar-refractivity contribution >= 4 is 28.5 Å². The molecule has 0 saturated carbocycles. The van der Waals surface area contributed by atoms with E-state index in [1.807, 2.05) is 24.5 Å². The van der Waals surface area contributed by atoms with Crippen molar-refractivity contribution in [3.63, 3.8) is 0 Å². The number of nitriles is 1. The maximum atomic E-state index is 13.5. The Balaban J connectivity index is 1.62. The number of hydrogen-bond donors (Lipinski definition) is 1. The van der Waals surface area contributed by atoms with E-state index in [9.17, 15) is 9.59 Å². The Bertz CT molecular complexity index is 1420. The first-order chi connectivity index (χ1) is 16.4. The molecular formula is C25H22N6O3. The van der Waals surface area contributed by atoms with E-state index in [-0.39, 0.29) is 35.9 Å². The quantitative estimate of drug-likeness (QED) is 0.422. The number of methoxy groups -OCH3 is 1. The number of nitrogens with one attached hydrogen (secondary N) is 1. The highest BCUT2D eigenvalue weighted by Gasteiger charge is 2.21. The second-order valence-corrected chi connectivity index (χ2v) is 7.95. The minimum atomic E-state index is -0.311. The molecule has 34 heavy (non-hydrogen) atoms. The van der Waals surface area contributed by atoms with Gasteiger partial charge in [0, 0.05) is 35.5 Å². The van der Waals surface area contributed by atoms with Crippen LogP contribution in [0.3, 0.4) is 0 Å². The summed E-state index contributed by atoms with van der Waals surface area (Å²) in [5, 5.41) is 12.3. The van der Waals surface area contributed by atoms with Gasteiger partial charge in [0.2, 0.25) is 11.8 Å². The third-order valence-corrected chi connectivity index (χ3v) is 5.28. The summed E-state index contributed by atoms with van der Waals surface area (Å²) < 4.78 is 7.18. The predicted octanol–water partition coefficient (Wildman–Crippen LogP) is 3.70. The molecule has 9 nitrogen and oxygen atoms in total. The van der Waals surface area contributed by atoms with Crippen LogP contribution in [-0.2, 0) is 11.2 Å². The van der Waals surface area contributed by atoms with Crippen molar-refractivity contribution < 1.29 is 14.3 Å². The third kappa shape index (κ3) is 4.61. The number of carbonyl (C=O) groups is 2. The Morgan fingerprint density at radius 2 is 1.97 bits per heavy atom. The number of carbonyl (C=O) groups excluding carboxylic acids is 2. The molecule has 0 saturated heterocycles. The van der Waals surface area contributed by atoms with Crippen molar-refractivity contribution in [1.29, 1.82) is 5.26 Å². The summed E-state index contributed by atoms with van der Waals surface area (Å²) in [6.45, 7) is 4.01. The summed E-state index contributed by atoms with van der Waals surface area (Å²) in [6.07, 6.45) is 4.93. The van der Waals surface area contributed by atoms with Gasteiger partial charge >= 0.3 is 0 Å². The van der Waals surface area contributed by atoms with Crippen molar-refractivity contribution in [1.82, 2.24) is 19.5 Å². The number of benzene rings is 1. The number of ketones is 1. The van der Waals surface area contributed by atoms with Crippen LogP contribution >= 0.6 is 0 Å². The fourth-order valence-electron chi connectivity index (χ4n) is 3.59. The molecule has 1 aromatic carbocycles. The smallest absolute Gasteiger partial charge is 0.229 e. The van der Waals surface area contributed by atoms with Gasteiger partial charge in [0.05, 0.1) is 30.7 Å². The van der Waals surface area contributed by atoms with Gasteiger partial charge in [-0.2, -0.15) is 10.2 Å². The molecular weight excluding hydrogens is 432 g/mol. The van der Waals surface area contributed by atoms with Gasteiger partial charge in [-0.25, -0.2) is 9.97 Å². The molecule has 1 N–H and O–H groups in total. The van der Waals surface area contributed by atoms with E-state index >= 15 is 0 Å². The lowest BCUT2D eigenvalue weighted by molar-refractivity contribution is -0.115. The fourth-order valence-corrected chi connectivity index (χ4v) is 3.59. The molecule has 1 amide bonds. The molecule has 0 bridgehead atoms. The molecule has 4 rings (SSSR count). The number of aromatic nitrogens is 4. The summed E-state index contributed by atoms with van der Waals surface area (Å²) in [5.74, 6) is -0.176. The molecule has 0 fully saturated rings. The number of ether oxygens (including phenoxy) is 1. The molecule has 0 aliphatic carbocycles. The number of hydrogen-bond acceptors (Lipinski definition) is 7. The number of rotatable bonds is 7. The lowest BCUT2D eigenvalue weighted by Crippen LogP contribution is -2.16. The van der Waals surface area contributed by atoms with Crippen LogP contribution < -0.4 is 10.1 Å². The van der Waals surface area contributed by atoms with E-state index in [1.54, 1.807) is 36.7 Å². The van der Waals surface area contributed by atoms with Crippen LogP contribution in [0.15, 0.2) is 55.1 Å². The highest BCUT2D eigenvalue weighted by Crippen LogP contribution is 2.26. The topological polar surface area (TPSA) is 123 Å². The highest BCUT2D eigenvalue weighted by molar-refractivity contribution is 6.16. The van der Waals surface area contributed by atoms with Crippen molar-refractivity contribution in [3.05, 3.63) is 77.4 Å². The summed E-state index contributed by atoms with van der Waals surface area (Å²) in [4.78, 5) is 38.7. The molecule has 0 spiro atoms. The second kappa shape index (κ2) is 9.50. The number of fused-ring (bicyclic) bond motifs is 1. The average molecular weight is 454 g/mol. The van der Waals surface area contributed by atoms with E-state index in [1.165, 1.54) is 25.6 Å². The average Bonchev–Trinajstić information content (AvgIpc) is 3.24. The lowest BCUT2D eigenvalue weighted by Gasteiger charge is -2.09. The van der Waals surface area contributed by atoms with Crippen molar-refractivity contribution in [3.8, 4) is 11.9 Å². The van der Waals surface area contributed by atoms with Crippen LogP contribution in [0.25, 0.3) is 11.0 Å². The standard InChI is InChI=1S/C25H22N6O3/c1-15(2)31-13-20(19-12-27-14-28-25(19)31)24(33)18-9-21(30-23(10-18)34-3)29-22(32)8-16-4-6-17(11-26)7-5-16/h4-7,9-10,12-15H,8H2,1-3H3,(H,29,30,32). The summed E-state index contributed by atoms with van der Waals surface area (Å²) in [7, 11) is 1.44. The van der Waals surface area contributed by atoms with Crippen LogP contribution in [0.2, 0.25) is 0 Å². The Labute approximate surface area is 196 Å². The second-order valence-electron chi connectivity index (χ2n) is 7.95. The Morgan fingerprint density at radius 3 is 2.65 bits per heavy atom. The Morgan fingerprint density at radius 1 is 1.21 bits per heavy atom. The molecule has 0 aliphatic heterocycles. The largest absolute Gasteiger partial charge is 0.481 e. The van der Waals surface area contributed by atoms with Gasteiger partial charge in [-0.1, -0.05) is 12.1 Å². The molecule has 3 heterocycles. The normalized spacial score (nSPS) is 10.8. The molecule has 0 atom stereocenters. The molecule has 9 heteroatoms. The molecule has 0 unspecified atom stereocenters. The number of pyridine rings is 1. The molecule has 3 aromatic heterocycles. The minimum Gasteiger partial charge on any atom is -0.481 e. The first-order valence-electron chi connectivity index (χ1n) is 10.6. The van der Waals surface area contributed by atoms with Crippen LogP contribution in [-0.4, -0.2) is 38.3 Å². The van der Waals surface area contributed by atoms with Crippen LogP contribution in [0.1, 0.15) is 46.9 Å². The van der Waals surface area contributed by atoms with Gasteiger partial charge in [0.1, 0.15) is 17.8 Å². The highest BCUT2D eigenvalue weighted by atomic mass is 16.5. The van der Waals surface area contributed by atoms with Gasteiger partial charge in [0.15, 0.2) is 5.78 Å². The summed E-state index contributed by atoms with van der Waals surface area (Å²) in [6, 6.07) is 11.9.